The van der Waals surface area contributed by atoms with E-state index in [4.69, 9.17) is 13.7 Å². The number of piperidine rings is 1. The van der Waals surface area contributed by atoms with Crippen molar-refractivity contribution in [1.82, 2.24) is 0 Å². The number of rotatable bonds is 5. The van der Waals surface area contributed by atoms with E-state index in [1.54, 1.807) is 6.07 Å². The molecule has 1 atom stereocenters. The maximum atomic E-state index is 13.2. The van der Waals surface area contributed by atoms with Crippen LogP contribution >= 0.6 is 0 Å². The van der Waals surface area contributed by atoms with E-state index in [9.17, 15) is 4.79 Å². The summed E-state index contributed by atoms with van der Waals surface area (Å²) in [7, 11) is -0.411. The molecule has 196 valence electrons. The topological polar surface area (TPSA) is 63.9 Å². The summed E-state index contributed by atoms with van der Waals surface area (Å²) in [5, 5.41) is 4.28. The minimum atomic E-state index is -0.411. The maximum Gasteiger partial charge on any atom is 0.496 e. The van der Waals surface area contributed by atoms with Crippen LogP contribution in [-0.2, 0) is 9.31 Å². The van der Waals surface area contributed by atoms with Gasteiger partial charge >= 0.3 is 7.12 Å². The monoisotopic (exact) mass is 502 g/mol. The summed E-state index contributed by atoms with van der Waals surface area (Å²) in [4.78, 5) is 15.4. The van der Waals surface area contributed by atoms with Crippen LogP contribution < -0.4 is 21.1 Å². The molecule has 3 heterocycles. The van der Waals surface area contributed by atoms with Crippen molar-refractivity contribution in [1.29, 1.82) is 0 Å². The molecule has 3 aromatic rings. The zero-order valence-electron chi connectivity index (χ0n) is 23.0. The lowest BCUT2D eigenvalue weighted by Gasteiger charge is -2.37. The molecule has 0 saturated carbocycles. The van der Waals surface area contributed by atoms with Crippen LogP contribution in [0.2, 0.25) is 0 Å². The van der Waals surface area contributed by atoms with Gasteiger partial charge in [0.15, 0.2) is 11.3 Å². The Kier molecular flexibility index (Phi) is 6.88. The predicted molar refractivity (Wildman–Crippen MR) is 152 cm³/mol. The molecule has 2 saturated heterocycles. The van der Waals surface area contributed by atoms with E-state index in [1.165, 1.54) is 0 Å². The average Bonchev–Trinajstić information content (AvgIpc) is 2.84. The molecule has 5 rings (SSSR count). The van der Waals surface area contributed by atoms with Gasteiger partial charge in [0.1, 0.15) is 5.58 Å². The van der Waals surface area contributed by atoms with Gasteiger partial charge in [-0.15, -0.1) is 0 Å². The molecule has 2 aliphatic rings. The second-order valence-electron chi connectivity index (χ2n) is 12.4. The van der Waals surface area contributed by atoms with E-state index in [2.05, 4.69) is 50.9 Å². The van der Waals surface area contributed by atoms with Gasteiger partial charge in [-0.2, -0.15) is 0 Å². The Morgan fingerprint density at radius 1 is 0.973 bits per heavy atom. The predicted octanol–water partition coefficient (Wildman–Crippen LogP) is 5.67. The fourth-order valence-corrected chi connectivity index (χ4v) is 5.25. The third-order valence-corrected chi connectivity index (χ3v) is 7.72. The lowest BCUT2D eigenvalue weighted by atomic mass is 9.74. The summed E-state index contributed by atoms with van der Waals surface area (Å²) < 4.78 is 18.7. The minimum Gasteiger partial charge on any atom is -0.440 e. The molecule has 2 aromatic carbocycles. The maximum absolute atomic E-state index is 13.2. The van der Waals surface area contributed by atoms with Crippen LogP contribution in [0.5, 0.6) is 0 Å². The molecule has 0 aliphatic carbocycles. The van der Waals surface area contributed by atoms with E-state index in [1.807, 2.05) is 37.3 Å². The summed E-state index contributed by atoms with van der Waals surface area (Å²) in [5.74, 6) is 0.664. The number of hydrogen-bond acceptors (Lipinski definition) is 6. The lowest BCUT2D eigenvalue weighted by molar-refractivity contribution is 0.0343. The van der Waals surface area contributed by atoms with Gasteiger partial charge in [0.05, 0.1) is 11.4 Å². The second kappa shape index (κ2) is 9.84. The zero-order chi connectivity index (χ0) is 26.4. The largest absolute Gasteiger partial charge is 0.496 e. The first-order chi connectivity index (χ1) is 17.5. The van der Waals surface area contributed by atoms with Crippen LogP contribution in [0.4, 0.5) is 11.6 Å². The van der Waals surface area contributed by atoms with Crippen LogP contribution in [0.1, 0.15) is 64.6 Å². The molecule has 0 bridgehead atoms. The molecular formula is C30H39BN2O4. The highest BCUT2D eigenvalue weighted by atomic mass is 16.6. The molecule has 2 aliphatic heterocycles. The standard InChI is InChI=1S/C30H39BN2O4/c1-20-15-22(21(2)32-25-10-8-7-9-24(25)31-35-18-30(5,6)19-36-31)28-23(16-20)26(34)17-27(37-28)33-13-11-29(3,4)12-14-33/h7-10,15-17,21,32H,11-14,18-19H2,1-6H3/t21-/m1/s1. The molecule has 0 spiro atoms. The first-order valence-corrected chi connectivity index (χ1v) is 13.4. The summed E-state index contributed by atoms with van der Waals surface area (Å²) in [6, 6.07) is 13.7. The molecule has 0 amide bonds. The Morgan fingerprint density at radius 2 is 1.65 bits per heavy atom. The molecule has 7 heteroatoms. The molecule has 0 radical (unpaired) electrons. The number of anilines is 2. The minimum absolute atomic E-state index is 0.00486. The van der Waals surface area contributed by atoms with Gasteiger partial charge in [0.25, 0.3) is 0 Å². The molecule has 0 unspecified atom stereocenters. The highest BCUT2D eigenvalue weighted by molar-refractivity contribution is 6.63. The first kappa shape index (κ1) is 25.9. The van der Waals surface area contributed by atoms with Crippen LogP contribution in [0.25, 0.3) is 11.0 Å². The Bertz CT molecular complexity index is 1330. The van der Waals surface area contributed by atoms with E-state index >= 15 is 0 Å². The van der Waals surface area contributed by atoms with Crippen molar-refractivity contribution in [3.05, 3.63) is 63.8 Å². The van der Waals surface area contributed by atoms with Gasteiger partial charge in [-0.1, -0.05) is 52.0 Å². The van der Waals surface area contributed by atoms with E-state index < -0.39 is 7.12 Å². The number of nitrogens with one attached hydrogen (secondary N) is 1. The summed E-state index contributed by atoms with van der Waals surface area (Å²) in [5.41, 5.74) is 4.91. The van der Waals surface area contributed by atoms with Crippen LogP contribution in [0, 0.1) is 17.8 Å². The van der Waals surface area contributed by atoms with Crippen molar-refractivity contribution >= 4 is 35.1 Å². The van der Waals surface area contributed by atoms with E-state index in [0.29, 0.717) is 35.5 Å². The number of nitrogens with zero attached hydrogens (tertiary/aromatic N) is 1. The van der Waals surface area contributed by atoms with Gasteiger partial charge in [0.2, 0.25) is 0 Å². The van der Waals surface area contributed by atoms with Crippen LogP contribution in [0.3, 0.4) is 0 Å². The lowest BCUT2D eigenvalue weighted by Crippen LogP contribution is -2.48. The summed E-state index contributed by atoms with van der Waals surface area (Å²) >= 11 is 0. The zero-order valence-corrected chi connectivity index (χ0v) is 23.0. The van der Waals surface area contributed by atoms with Crippen LogP contribution in [-0.4, -0.2) is 33.4 Å². The Hall–Kier alpha value is -2.77. The third-order valence-electron chi connectivity index (χ3n) is 7.72. The average molecular weight is 502 g/mol. The van der Waals surface area contributed by atoms with Gasteiger partial charge in [-0.05, 0) is 49.8 Å². The fraction of sp³-hybridized carbons (Fsp3) is 0.500. The van der Waals surface area contributed by atoms with Crippen molar-refractivity contribution < 1.29 is 13.7 Å². The first-order valence-electron chi connectivity index (χ1n) is 13.4. The number of aryl methyl sites for hydroxylation is 1. The van der Waals surface area contributed by atoms with Gasteiger partial charge in [-0.3, -0.25) is 4.79 Å². The van der Waals surface area contributed by atoms with E-state index in [0.717, 1.165) is 48.2 Å². The highest BCUT2D eigenvalue weighted by Gasteiger charge is 2.35. The molecule has 6 nitrogen and oxygen atoms in total. The van der Waals surface area contributed by atoms with Crippen molar-refractivity contribution in [3.63, 3.8) is 0 Å². The smallest absolute Gasteiger partial charge is 0.440 e. The molecule has 1 aromatic heterocycles. The Balaban J connectivity index is 1.47. The Labute approximate surface area is 220 Å². The molecule has 1 N–H and O–H groups in total. The van der Waals surface area contributed by atoms with Crippen molar-refractivity contribution in [2.45, 2.75) is 60.4 Å². The number of hydrogen-bond donors (Lipinski definition) is 1. The summed E-state index contributed by atoms with van der Waals surface area (Å²) in [6.07, 6.45) is 2.15. The quantitative estimate of drug-likeness (QED) is 0.454. The van der Waals surface area contributed by atoms with Crippen molar-refractivity contribution in [2.75, 3.05) is 36.5 Å². The molecular weight excluding hydrogens is 463 g/mol. The second-order valence-corrected chi connectivity index (χ2v) is 12.4. The molecule has 37 heavy (non-hydrogen) atoms. The fourth-order valence-electron chi connectivity index (χ4n) is 5.25. The van der Waals surface area contributed by atoms with Crippen LogP contribution in [0.15, 0.2) is 51.7 Å². The van der Waals surface area contributed by atoms with Gasteiger partial charge < -0.3 is 23.9 Å². The number of para-hydroxylation sites is 1. The summed E-state index contributed by atoms with van der Waals surface area (Å²) in [6.45, 7) is 16.1. The molecule has 2 fully saturated rings. The van der Waals surface area contributed by atoms with Crippen molar-refractivity contribution in [3.8, 4) is 0 Å². The normalized spacial score (nSPS) is 20.2. The Morgan fingerprint density at radius 3 is 2.35 bits per heavy atom. The highest BCUT2D eigenvalue weighted by Crippen LogP contribution is 2.34. The third kappa shape index (κ3) is 5.58. The van der Waals surface area contributed by atoms with Gasteiger partial charge in [-0.25, -0.2) is 0 Å². The van der Waals surface area contributed by atoms with E-state index in [-0.39, 0.29) is 16.9 Å². The van der Waals surface area contributed by atoms with Gasteiger partial charge in [0, 0.05) is 54.5 Å². The number of fused-ring (bicyclic) bond motifs is 1. The number of benzene rings is 2. The van der Waals surface area contributed by atoms with Crippen molar-refractivity contribution in [2.24, 2.45) is 10.8 Å². The SMILES string of the molecule is Cc1cc([C@@H](C)Nc2ccccc2B2OCC(C)(C)CO2)c2oc(N3CCC(C)(C)CC3)cc(=O)c2c1.